The molecule has 8 heteroatoms. The van der Waals surface area contributed by atoms with E-state index in [9.17, 15) is 0 Å². The SMILES string of the molecule is Cc1n[nH]c(=S)n1/N=C\c1cn(-c2ccccc2)nc1-c1ccc(OC(C)C)cc1. The smallest absolute Gasteiger partial charge is 0.216 e. The summed E-state index contributed by atoms with van der Waals surface area (Å²) in [5.41, 5.74) is 3.61. The Morgan fingerprint density at radius 3 is 2.47 bits per heavy atom. The number of aryl methyl sites for hydroxylation is 1. The molecule has 0 aliphatic heterocycles. The predicted octanol–water partition coefficient (Wildman–Crippen LogP) is 4.77. The van der Waals surface area contributed by atoms with Crippen molar-refractivity contribution in [3.63, 3.8) is 0 Å². The molecular formula is C22H22N6OS. The summed E-state index contributed by atoms with van der Waals surface area (Å²) >= 11 is 5.24. The lowest BCUT2D eigenvalue weighted by Gasteiger charge is -2.09. The molecule has 0 atom stereocenters. The van der Waals surface area contributed by atoms with Crippen molar-refractivity contribution < 1.29 is 4.74 Å². The molecule has 0 aliphatic carbocycles. The molecule has 0 amide bonds. The lowest BCUT2D eigenvalue weighted by Crippen LogP contribution is -2.05. The maximum Gasteiger partial charge on any atom is 0.216 e. The van der Waals surface area contributed by atoms with Crippen LogP contribution in [0.25, 0.3) is 16.9 Å². The van der Waals surface area contributed by atoms with Crippen LogP contribution in [-0.4, -0.2) is 37.0 Å². The van der Waals surface area contributed by atoms with Gasteiger partial charge in [0, 0.05) is 17.3 Å². The minimum atomic E-state index is 0.124. The predicted molar refractivity (Wildman–Crippen MR) is 120 cm³/mol. The third-order valence-electron chi connectivity index (χ3n) is 4.39. The Morgan fingerprint density at radius 2 is 1.83 bits per heavy atom. The summed E-state index contributed by atoms with van der Waals surface area (Å²) in [5.74, 6) is 1.51. The second-order valence-electron chi connectivity index (χ2n) is 7.04. The van der Waals surface area contributed by atoms with Gasteiger partial charge >= 0.3 is 0 Å². The molecule has 2 aromatic heterocycles. The summed E-state index contributed by atoms with van der Waals surface area (Å²) < 4.78 is 9.62. The Hall–Kier alpha value is -3.52. The van der Waals surface area contributed by atoms with Crippen molar-refractivity contribution in [1.82, 2.24) is 24.7 Å². The van der Waals surface area contributed by atoms with Crippen molar-refractivity contribution in [2.45, 2.75) is 26.9 Å². The van der Waals surface area contributed by atoms with Gasteiger partial charge in [-0.05, 0) is 69.4 Å². The van der Waals surface area contributed by atoms with Gasteiger partial charge in [0.25, 0.3) is 0 Å². The molecule has 152 valence electrons. The summed E-state index contributed by atoms with van der Waals surface area (Å²) in [6, 6.07) is 17.9. The number of nitrogens with one attached hydrogen (secondary N) is 1. The van der Waals surface area contributed by atoms with Crippen molar-refractivity contribution in [2.24, 2.45) is 5.10 Å². The van der Waals surface area contributed by atoms with Gasteiger partial charge in [0.05, 0.1) is 18.0 Å². The first-order valence-corrected chi connectivity index (χ1v) is 10.0. The van der Waals surface area contributed by atoms with E-state index in [1.807, 2.05) is 86.2 Å². The molecule has 4 rings (SSSR count). The number of benzene rings is 2. The molecule has 0 fully saturated rings. The highest BCUT2D eigenvalue weighted by Gasteiger charge is 2.12. The van der Waals surface area contributed by atoms with Gasteiger partial charge in [0.1, 0.15) is 17.3 Å². The first-order chi connectivity index (χ1) is 14.5. The van der Waals surface area contributed by atoms with E-state index in [0.717, 1.165) is 28.3 Å². The van der Waals surface area contributed by atoms with Crippen molar-refractivity contribution in [3.05, 3.63) is 77.0 Å². The zero-order chi connectivity index (χ0) is 21.1. The lowest BCUT2D eigenvalue weighted by atomic mass is 10.1. The van der Waals surface area contributed by atoms with Crippen molar-refractivity contribution in [2.75, 3.05) is 0 Å². The van der Waals surface area contributed by atoms with E-state index in [1.54, 1.807) is 10.9 Å². The molecule has 7 nitrogen and oxygen atoms in total. The van der Waals surface area contributed by atoms with Gasteiger partial charge in [-0.2, -0.15) is 20.0 Å². The number of hydrogen-bond donors (Lipinski definition) is 1. The maximum atomic E-state index is 5.76. The van der Waals surface area contributed by atoms with E-state index in [-0.39, 0.29) is 6.10 Å². The lowest BCUT2D eigenvalue weighted by molar-refractivity contribution is 0.242. The molecule has 0 spiro atoms. The fourth-order valence-corrected chi connectivity index (χ4v) is 3.23. The molecule has 4 aromatic rings. The van der Waals surface area contributed by atoms with Crippen molar-refractivity contribution >= 4 is 18.4 Å². The molecular weight excluding hydrogens is 396 g/mol. The number of ether oxygens (including phenoxy) is 1. The summed E-state index contributed by atoms with van der Waals surface area (Å²) in [5, 5.41) is 16.1. The van der Waals surface area contributed by atoms with Crippen LogP contribution in [0.1, 0.15) is 25.2 Å². The van der Waals surface area contributed by atoms with Crippen LogP contribution < -0.4 is 4.74 Å². The molecule has 0 saturated carbocycles. The molecule has 0 unspecified atom stereocenters. The van der Waals surface area contributed by atoms with E-state index in [2.05, 4.69) is 15.3 Å². The number of hydrogen-bond acceptors (Lipinski definition) is 5. The third kappa shape index (κ3) is 4.23. The highest BCUT2D eigenvalue weighted by atomic mass is 32.1. The second-order valence-corrected chi connectivity index (χ2v) is 7.42. The number of aromatic amines is 1. The zero-order valence-corrected chi connectivity index (χ0v) is 17.8. The van der Waals surface area contributed by atoms with E-state index in [0.29, 0.717) is 10.6 Å². The van der Waals surface area contributed by atoms with Crippen LogP contribution in [0, 0.1) is 11.7 Å². The monoisotopic (exact) mass is 418 g/mol. The molecule has 0 aliphatic rings. The van der Waals surface area contributed by atoms with Crippen LogP contribution in [0.15, 0.2) is 65.9 Å². The molecule has 0 saturated heterocycles. The van der Waals surface area contributed by atoms with Crippen LogP contribution in [-0.2, 0) is 0 Å². The molecule has 0 bridgehead atoms. The highest BCUT2D eigenvalue weighted by Crippen LogP contribution is 2.25. The summed E-state index contributed by atoms with van der Waals surface area (Å²) in [6.45, 7) is 5.85. The van der Waals surface area contributed by atoms with E-state index >= 15 is 0 Å². The number of H-pyrrole nitrogens is 1. The highest BCUT2D eigenvalue weighted by molar-refractivity contribution is 7.71. The van der Waals surface area contributed by atoms with Crippen LogP contribution in [0.5, 0.6) is 5.75 Å². The van der Waals surface area contributed by atoms with Gasteiger partial charge in [-0.15, -0.1) is 0 Å². The fourth-order valence-electron chi connectivity index (χ4n) is 3.01. The Labute approximate surface area is 179 Å². The van der Waals surface area contributed by atoms with Gasteiger partial charge in [0.15, 0.2) is 0 Å². The topological polar surface area (TPSA) is 73.0 Å². The number of para-hydroxylation sites is 1. The Kier molecular flexibility index (Phi) is 5.58. The summed E-state index contributed by atoms with van der Waals surface area (Å²) in [7, 11) is 0. The maximum absolute atomic E-state index is 5.76. The molecule has 2 heterocycles. The number of rotatable bonds is 6. The number of nitrogens with zero attached hydrogens (tertiary/aromatic N) is 5. The normalized spacial score (nSPS) is 11.5. The third-order valence-corrected chi connectivity index (χ3v) is 4.65. The van der Waals surface area contributed by atoms with Gasteiger partial charge in [-0.1, -0.05) is 18.2 Å². The van der Waals surface area contributed by atoms with Gasteiger partial charge in [0.2, 0.25) is 4.77 Å². The van der Waals surface area contributed by atoms with Crippen LogP contribution in [0.3, 0.4) is 0 Å². The quantitative estimate of drug-likeness (QED) is 0.362. The summed E-state index contributed by atoms with van der Waals surface area (Å²) in [4.78, 5) is 0. The minimum absolute atomic E-state index is 0.124. The molecule has 0 radical (unpaired) electrons. The van der Waals surface area contributed by atoms with E-state index < -0.39 is 0 Å². The van der Waals surface area contributed by atoms with Crippen LogP contribution in [0.2, 0.25) is 0 Å². The molecule has 1 N–H and O–H groups in total. The average molecular weight is 419 g/mol. The average Bonchev–Trinajstić information content (AvgIpc) is 3.31. The largest absolute Gasteiger partial charge is 0.491 e. The van der Waals surface area contributed by atoms with Crippen LogP contribution in [0.4, 0.5) is 0 Å². The van der Waals surface area contributed by atoms with Crippen molar-refractivity contribution in [3.8, 4) is 22.7 Å². The van der Waals surface area contributed by atoms with Gasteiger partial charge < -0.3 is 4.74 Å². The molecule has 30 heavy (non-hydrogen) atoms. The fraction of sp³-hybridized carbons (Fsp3) is 0.182. The van der Waals surface area contributed by atoms with E-state index in [1.165, 1.54) is 0 Å². The first-order valence-electron chi connectivity index (χ1n) is 9.62. The van der Waals surface area contributed by atoms with Gasteiger partial charge in [-0.25, -0.2) is 4.68 Å². The minimum Gasteiger partial charge on any atom is -0.491 e. The van der Waals surface area contributed by atoms with Crippen LogP contribution >= 0.6 is 12.2 Å². The Morgan fingerprint density at radius 1 is 1.10 bits per heavy atom. The van der Waals surface area contributed by atoms with E-state index in [4.69, 9.17) is 22.1 Å². The Bertz CT molecular complexity index is 1220. The number of aromatic nitrogens is 5. The second kappa shape index (κ2) is 8.46. The Balaban J connectivity index is 1.76. The van der Waals surface area contributed by atoms with Crippen molar-refractivity contribution in [1.29, 1.82) is 0 Å². The molecule has 2 aromatic carbocycles. The standard InChI is InChI=1S/C22H22N6OS/c1-15(2)29-20-11-9-17(10-12-20)21-18(13-23-28-16(3)24-25-22(28)30)14-27(26-21)19-7-5-4-6-8-19/h4-15H,1-3H3,(H,25,30)/b23-13-. The zero-order valence-electron chi connectivity index (χ0n) is 17.0. The summed E-state index contributed by atoms with van der Waals surface area (Å²) in [6.07, 6.45) is 3.82. The van der Waals surface area contributed by atoms with Gasteiger partial charge in [-0.3, -0.25) is 5.10 Å². The first kappa shape index (κ1) is 19.8.